The normalized spacial score (nSPS) is 15.0. The highest BCUT2D eigenvalue weighted by molar-refractivity contribution is 5.95. The quantitative estimate of drug-likeness (QED) is 0.876. The summed E-state index contributed by atoms with van der Waals surface area (Å²) in [5.74, 6) is 0.239. The highest BCUT2D eigenvalue weighted by Gasteiger charge is 2.21. The molecule has 0 saturated carbocycles. The minimum Gasteiger partial charge on any atom is -0.367 e. The van der Waals surface area contributed by atoms with Crippen LogP contribution in [0.1, 0.15) is 24.0 Å². The fraction of sp³-hybridized carbons (Fsp3) is 0.312. The van der Waals surface area contributed by atoms with Crippen LogP contribution < -0.4 is 10.2 Å². The Morgan fingerprint density at radius 1 is 1.10 bits per heavy atom. The van der Waals surface area contributed by atoms with E-state index in [9.17, 15) is 4.79 Å². The maximum absolute atomic E-state index is 11.7. The van der Waals surface area contributed by atoms with E-state index in [-0.39, 0.29) is 5.91 Å². The number of nitrogens with one attached hydrogen (secondary N) is 2. The Bertz CT molecular complexity index is 560. The van der Waals surface area contributed by atoms with Gasteiger partial charge in [-0.2, -0.15) is 0 Å². The summed E-state index contributed by atoms with van der Waals surface area (Å²) in [6.07, 6.45) is 5.58. The number of nitrogens with zero attached hydrogens (tertiary/aromatic N) is 1. The molecule has 0 atom stereocenters. The van der Waals surface area contributed by atoms with Crippen LogP contribution in [0.25, 0.3) is 0 Å². The summed E-state index contributed by atoms with van der Waals surface area (Å²) in [5.41, 5.74) is 3.50. The largest absolute Gasteiger partial charge is 0.367 e. The molecule has 1 aromatic heterocycles. The van der Waals surface area contributed by atoms with Crippen molar-refractivity contribution >= 4 is 11.6 Å². The smallest absolute Gasteiger partial charge is 0.227 e. The molecule has 0 unspecified atom stereocenters. The summed E-state index contributed by atoms with van der Waals surface area (Å²) in [4.78, 5) is 16.6. The van der Waals surface area contributed by atoms with Gasteiger partial charge in [-0.1, -0.05) is 12.1 Å². The van der Waals surface area contributed by atoms with Gasteiger partial charge in [0.25, 0.3) is 0 Å². The molecule has 0 aliphatic carbocycles. The zero-order valence-electron chi connectivity index (χ0n) is 11.4. The number of hydrogen-bond acceptors (Lipinski definition) is 2. The van der Waals surface area contributed by atoms with Gasteiger partial charge in [0.15, 0.2) is 0 Å². The molecule has 2 aromatic rings. The van der Waals surface area contributed by atoms with Crippen molar-refractivity contribution in [2.45, 2.75) is 25.9 Å². The van der Waals surface area contributed by atoms with Gasteiger partial charge in [-0.25, -0.2) is 0 Å². The lowest BCUT2D eigenvalue weighted by molar-refractivity contribution is -0.117. The number of amides is 1. The van der Waals surface area contributed by atoms with E-state index in [1.165, 1.54) is 11.1 Å². The Hall–Kier alpha value is -2.07. The Kier molecular flexibility index (Phi) is 3.83. The van der Waals surface area contributed by atoms with Crippen molar-refractivity contribution in [1.82, 2.24) is 10.3 Å². The fourth-order valence-corrected chi connectivity index (χ4v) is 2.53. The van der Waals surface area contributed by atoms with E-state index < -0.39 is 0 Å². The standard InChI is InChI=1S/C16H19N3O/c20-16-2-1-9-19(16)15-5-3-13(4-6-15)10-18-12-14-7-8-17-11-14/h3-8,11,17-18H,1-2,9-10,12H2. The number of H-pyrrole nitrogens is 1. The first-order valence-corrected chi connectivity index (χ1v) is 7.04. The molecule has 0 bridgehead atoms. The van der Waals surface area contributed by atoms with Gasteiger partial charge in [0.1, 0.15) is 0 Å². The number of anilines is 1. The SMILES string of the molecule is O=C1CCCN1c1ccc(CNCc2cc[nH]c2)cc1. The molecule has 20 heavy (non-hydrogen) atoms. The third-order valence-electron chi connectivity index (χ3n) is 3.64. The number of carbonyl (C=O) groups excluding carboxylic acids is 1. The average molecular weight is 269 g/mol. The Morgan fingerprint density at radius 2 is 1.90 bits per heavy atom. The van der Waals surface area contributed by atoms with Gasteiger partial charge in [0.05, 0.1) is 0 Å². The molecule has 1 amide bonds. The van der Waals surface area contributed by atoms with Gasteiger partial charge in [-0.15, -0.1) is 0 Å². The highest BCUT2D eigenvalue weighted by atomic mass is 16.2. The number of aromatic amines is 1. The average Bonchev–Trinajstić information content (AvgIpc) is 3.11. The van der Waals surface area contributed by atoms with E-state index >= 15 is 0 Å². The van der Waals surface area contributed by atoms with Crippen molar-refractivity contribution in [2.24, 2.45) is 0 Å². The van der Waals surface area contributed by atoms with E-state index in [2.05, 4.69) is 28.5 Å². The second-order valence-corrected chi connectivity index (χ2v) is 5.14. The van der Waals surface area contributed by atoms with Crippen molar-refractivity contribution in [3.8, 4) is 0 Å². The van der Waals surface area contributed by atoms with Crippen LogP contribution in [0.3, 0.4) is 0 Å². The van der Waals surface area contributed by atoms with Crippen molar-refractivity contribution < 1.29 is 4.79 Å². The number of rotatable bonds is 5. The molecular weight excluding hydrogens is 250 g/mol. The Morgan fingerprint density at radius 3 is 2.55 bits per heavy atom. The zero-order valence-corrected chi connectivity index (χ0v) is 11.4. The van der Waals surface area contributed by atoms with Gasteiger partial charge in [-0.3, -0.25) is 4.79 Å². The third kappa shape index (κ3) is 2.91. The van der Waals surface area contributed by atoms with Crippen LogP contribution in [-0.4, -0.2) is 17.4 Å². The van der Waals surface area contributed by atoms with Crippen molar-refractivity contribution in [2.75, 3.05) is 11.4 Å². The molecule has 1 fully saturated rings. The van der Waals surface area contributed by atoms with E-state index in [0.29, 0.717) is 6.42 Å². The fourth-order valence-electron chi connectivity index (χ4n) is 2.53. The van der Waals surface area contributed by atoms with E-state index in [4.69, 9.17) is 0 Å². The summed E-state index contributed by atoms with van der Waals surface area (Å²) in [6.45, 7) is 2.54. The molecule has 1 aromatic carbocycles. The Balaban J connectivity index is 1.54. The van der Waals surface area contributed by atoms with Gasteiger partial charge < -0.3 is 15.2 Å². The maximum Gasteiger partial charge on any atom is 0.227 e. The lowest BCUT2D eigenvalue weighted by Gasteiger charge is -2.16. The van der Waals surface area contributed by atoms with E-state index in [0.717, 1.165) is 31.7 Å². The molecule has 104 valence electrons. The second kappa shape index (κ2) is 5.92. The molecule has 0 spiro atoms. The van der Waals surface area contributed by atoms with Crippen LogP contribution in [-0.2, 0) is 17.9 Å². The number of benzene rings is 1. The van der Waals surface area contributed by atoms with Crippen LogP contribution in [0.5, 0.6) is 0 Å². The second-order valence-electron chi connectivity index (χ2n) is 5.14. The van der Waals surface area contributed by atoms with Gasteiger partial charge in [0, 0.05) is 44.1 Å². The Labute approximate surface area is 118 Å². The van der Waals surface area contributed by atoms with E-state index in [1.54, 1.807) is 0 Å². The molecule has 2 N–H and O–H groups in total. The summed E-state index contributed by atoms with van der Waals surface area (Å²) < 4.78 is 0. The molecule has 4 nitrogen and oxygen atoms in total. The summed E-state index contributed by atoms with van der Waals surface area (Å²) in [5, 5.41) is 3.40. The first-order valence-electron chi connectivity index (χ1n) is 7.04. The minimum absolute atomic E-state index is 0.239. The van der Waals surface area contributed by atoms with Crippen LogP contribution in [0.2, 0.25) is 0 Å². The number of carbonyl (C=O) groups is 1. The first-order chi connectivity index (χ1) is 9.83. The van der Waals surface area contributed by atoms with Gasteiger partial charge in [0.2, 0.25) is 5.91 Å². The van der Waals surface area contributed by atoms with Crippen LogP contribution in [0.15, 0.2) is 42.7 Å². The van der Waals surface area contributed by atoms with Crippen LogP contribution in [0, 0.1) is 0 Å². The predicted octanol–water partition coefficient (Wildman–Crippen LogP) is 2.43. The van der Waals surface area contributed by atoms with Crippen LogP contribution in [0.4, 0.5) is 5.69 Å². The van der Waals surface area contributed by atoms with Crippen molar-refractivity contribution in [1.29, 1.82) is 0 Å². The molecule has 3 rings (SSSR count). The minimum atomic E-state index is 0.239. The van der Waals surface area contributed by atoms with Gasteiger partial charge in [-0.05, 0) is 35.7 Å². The third-order valence-corrected chi connectivity index (χ3v) is 3.64. The number of hydrogen-bond donors (Lipinski definition) is 2. The van der Waals surface area contributed by atoms with Crippen molar-refractivity contribution in [3.63, 3.8) is 0 Å². The van der Waals surface area contributed by atoms with Gasteiger partial charge >= 0.3 is 0 Å². The molecule has 1 aliphatic rings. The maximum atomic E-state index is 11.7. The van der Waals surface area contributed by atoms with Crippen molar-refractivity contribution in [3.05, 3.63) is 53.9 Å². The monoisotopic (exact) mass is 269 g/mol. The zero-order chi connectivity index (χ0) is 13.8. The summed E-state index contributed by atoms with van der Waals surface area (Å²) >= 11 is 0. The topological polar surface area (TPSA) is 48.1 Å². The summed E-state index contributed by atoms with van der Waals surface area (Å²) in [6, 6.07) is 10.3. The van der Waals surface area contributed by atoms with E-state index in [1.807, 2.05) is 29.4 Å². The molecule has 2 heterocycles. The van der Waals surface area contributed by atoms with Crippen LogP contribution >= 0.6 is 0 Å². The lowest BCUT2D eigenvalue weighted by Crippen LogP contribution is -2.23. The molecule has 0 radical (unpaired) electrons. The number of aromatic nitrogens is 1. The molecule has 4 heteroatoms. The highest BCUT2D eigenvalue weighted by Crippen LogP contribution is 2.21. The first kappa shape index (κ1) is 12.9. The molecule has 1 aliphatic heterocycles. The lowest BCUT2D eigenvalue weighted by atomic mass is 10.2. The predicted molar refractivity (Wildman–Crippen MR) is 79.4 cm³/mol. The molecular formula is C16H19N3O. The summed E-state index contributed by atoms with van der Waals surface area (Å²) in [7, 11) is 0. The molecule has 1 saturated heterocycles.